The summed E-state index contributed by atoms with van der Waals surface area (Å²) in [4.78, 5) is 21.6. The second-order valence-corrected chi connectivity index (χ2v) is 6.40. The lowest BCUT2D eigenvalue weighted by molar-refractivity contribution is 0.0666. The van der Waals surface area contributed by atoms with Crippen molar-refractivity contribution in [1.82, 2.24) is 19.1 Å². The second kappa shape index (κ2) is 6.41. The van der Waals surface area contributed by atoms with E-state index in [1.807, 2.05) is 0 Å². The van der Waals surface area contributed by atoms with E-state index in [0.717, 1.165) is 6.20 Å². The normalized spacial score (nSPS) is 11.5. The molecule has 0 aliphatic carbocycles. The Bertz CT molecular complexity index is 1130. The number of halogens is 3. The quantitative estimate of drug-likeness (QED) is 0.543. The molecule has 0 N–H and O–H groups in total. The van der Waals surface area contributed by atoms with Gasteiger partial charge in [-0.2, -0.15) is 8.78 Å². The van der Waals surface area contributed by atoms with E-state index in [1.165, 1.54) is 40.6 Å². The summed E-state index contributed by atoms with van der Waals surface area (Å²) in [5.41, 5.74) is 0.955. The lowest BCUT2D eigenvalue weighted by Gasteiger charge is -2.08. The first-order valence-electron chi connectivity index (χ1n) is 7.57. The molecule has 0 aliphatic heterocycles. The number of alkyl halides is 2. The molecule has 3 aromatic heterocycles. The summed E-state index contributed by atoms with van der Waals surface area (Å²) in [6, 6.07) is 5.79. The molecule has 9 heteroatoms. The number of nitrogens with zero attached hydrogens (tertiary/aromatic N) is 4. The van der Waals surface area contributed by atoms with E-state index >= 15 is 0 Å². The molecule has 0 aliphatic rings. The van der Waals surface area contributed by atoms with Gasteiger partial charge in [0.1, 0.15) is 16.5 Å². The highest BCUT2D eigenvalue weighted by Crippen LogP contribution is 2.30. The van der Waals surface area contributed by atoms with Crippen LogP contribution in [0.4, 0.5) is 13.2 Å². The molecule has 0 amide bonds. The molecule has 4 rings (SSSR count). The van der Waals surface area contributed by atoms with Crippen LogP contribution in [0.1, 0.15) is 12.4 Å². The first-order valence-corrected chi connectivity index (χ1v) is 8.45. The number of hydrogen-bond donors (Lipinski definition) is 0. The molecule has 0 unspecified atom stereocenters. The summed E-state index contributed by atoms with van der Waals surface area (Å²) in [5.74, 6) is -0.315. The summed E-state index contributed by atoms with van der Waals surface area (Å²) in [7, 11) is 0. The van der Waals surface area contributed by atoms with Crippen molar-refractivity contribution >= 4 is 21.6 Å². The van der Waals surface area contributed by atoms with E-state index in [1.54, 1.807) is 17.5 Å². The third kappa shape index (κ3) is 2.80. The van der Waals surface area contributed by atoms with E-state index in [9.17, 15) is 18.0 Å². The molecule has 3 heterocycles. The van der Waals surface area contributed by atoms with Gasteiger partial charge in [0.05, 0.1) is 18.3 Å². The topological polar surface area (TPSA) is 52.7 Å². The van der Waals surface area contributed by atoms with Gasteiger partial charge in [0, 0.05) is 23.3 Å². The third-order valence-corrected chi connectivity index (χ3v) is 4.87. The summed E-state index contributed by atoms with van der Waals surface area (Å²) >= 11 is 1.29. The van der Waals surface area contributed by atoms with Crippen molar-refractivity contribution in [1.29, 1.82) is 0 Å². The summed E-state index contributed by atoms with van der Waals surface area (Å²) < 4.78 is 41.0. The van der Waals surface area contributed by atoms with Gasteiger partial charge in [-0.15, -0.1) is 11.3 Å². The van der Waals surface area contributed by atoms with E-state index in [2.05, 4.69) is 9.97 Å². The Morgan fingerprint density at radius 3 is 2.65 bits per heavy atom. The maximum absolute atomic E-state index is 13.2. The fourth-order valence-electron chi connectivity index (χ4n) is 2.72. The van der Waals surface area contributed by atoms with Crippen LogP contribution in [0.2, 0.25) is 0 Å². The number of thiophene rings is 1. The lowest BCUT2D eigenvalue weighted by atomic mass is 10.1. The molecule has 0 fully saturated rings. The van der Waals surface area contributed by atoms with E-state index in [4.69, 9.17) is 0 Å². The Labute approximate surface area is 149 Å². The first kappa shape index (κ1) is 16.5. The number of fused-ring (bicyclic) bond motifs is 1. The van der Waals surface area contributed by atoms with Crippen LogP contribution in [0.25, 0.3) is 21.3 Å². The van der Waals surface area contributed by atoms with E-state index in [0.29, 0.717) is 25.9 Å². The predicted molar refractivity (Wildman–Crippen MR) is 91.9 cm³/mol. The summed E-state index contributed by atoms with van der Waals surface area (Å²) in [6.07, 6.45) is 3.73. The van der Waals surface area contributed by atoms with Crippen LogP contribution in [0, 0.1) is 5.82 Å². The standard InChI is InChI=1S/C17H11F3N4OS/c18-11-3-1-10(2-4-11)12-8-26-15-14(12)16(25)23(9-22-15)7-13-21-5-6-24(13)17(19)20/h1-6,8-9,17H,7H2. The highest BCUT2D eigenvalue weighted by molar-refractivity contribution is 7.17. The molecular formula is C17H11F3N4OS. The molecule has 0 bridgehead atoms. The van der Waals surface area contributed by atoms with Gasteiger partial charge in [0.2, 0.25) is 0 Å². The Kier molecular flexibility index (Phi) is 4.08. The summed E-state index contributed by atoms with van der Waals surface area (Å²) in [6.45, 7) is -2.87. The van der Waals surface area contributed by atoms with Crippen molar-refractivity contribution < 1.29 is 13.2 Å². The van der Waals surface area contributed by atoms with Crippen LogP contribution in [0.15, 0.2) is 53.2 Å². The van der Waals surface area contributed by atoms with Gasteiger partial charge in [0.25, 0.3) is 5.56 Å². The van der Waals surface area contributed by atoms with Crippen LogP contribution < -0.4 is 5.56 Å². The largest absolute Gasteiger partial charge is 0.319 e. The molecule has 5 nitrogen and oxygen atoms in total. The monoisotopic (exact) mass is 376 g/mol. The number of hydrogen-bond acceptors (Lipinski definition) is 4. The molecule has 4 aromatic rings. The zero-order valence-corrected chi connectivity index (χ0v) is 14.0. The third-order valence-electron chi connectivity index (χ3n) is 3.99. The first-order chi connectivity index (χ1) is 12.5. The molecule has 0 saturated carbocycles. The zero-order chi connectivity index (χ0) is 18.3. The minimum Gasteiger partial charge on any atom is -0.291 e. The van der Waals surface area contributed by atoms with Crippen molar-refractivity contribution in [3.8, 4) is 11.1 Å². The minimum absolute atomic E-state index is 0.0572. The van der Waals surface area contributed by atoms with Gasteiger partial charge in [-0.05, 0) is 17.7 Å². The average molecular weight is 376 g/mol. The molecular weight excluding hydrogens is 365 g/mol. The fourth-order valence-corrected chi connectivity index (χ4v) is 3.63. The number of imidazole rings is 1. The van der Waals surface area contributed by atoms with Gasteiger partial charge >= 0.3 is 6.55 Å². The second-order valence-electron chi connectivity index (χ2n) is 5.54. The Balaban J connectivity index is 1.82. The number of aromatic nitrogens is 4. The highest BCUT2D eigenvalue weighted by atomic mass is 32.1. The lowest BCUT2D eigenvalue weighted by Crippen LogP contribution is -2.22. The van der Waals surface area contributed by atoms with E-state index in [-0.39, 0.29) is 23.7 Å². The van der Waals surface area contributed by atoms with Gasteiger partial charge in [0.15, 0.2) is 0 Å². The highest BCUT2D eigenvalue weighted by Gasteiger charge is 2.16. The van der Waals surface area contributed by atoms with Crippen LogP contribution in [0.3, 0.4) is 0 Å². The molecule has 26 heavy (non-hydrogen) atoms. The Hall–Kier alpha value is -2.94. The maximum atomic E-state index is 13.2. The molecule has 132 valence electrons. The predicted octanol–water partition coefficient (Wildman–Crippen LogP) is 3.90. The van der Waals surface area contributed by atoms with E-state index < -0.39 is 6.55 Å². The minimum atomic E-state index is -2.74. The molecule has 0 spiro atoms. The number of benzene rings is 1. The molecule has 0 atom stereocenters. The molecule has 1 aromatic carbocycles. The van der Waals surface area contributed by atoms with Crippen LogP contribution in [-0.4, -0.2) is 19.1 Å². The van der Waals surface area contributed by atoms with Gasteiger partial charge in [-0.1, -0.05) is 12.1 Å². The number of rotatable bonds is 4. The maximum Gasteiger partial charge on any atom is 0.319 e. The molecule has 0 radical (unpaired) electrons. The zero-order valence-electron chi connectivity index (χ0n) is 13.1. The van der Waals surface area contributed by atoms with Crippen molar-refractivity contribution in [2.45, 2.75) is 13.1 Å². The fraction of sp³-hybridized carbons (Fsp3) is 0.118. The summed E-state index contributed by atoms with van der Waals surface area (Å²) in [5, 5.41) is 2.15. The molecule has 0 saturated heterocycles. The van der Waals surface area contributed by atoms with Gasteiger partial charge < -0.3 is 0 Å². The smallest absolute Gasteiger partial charge is 0.291 e. The van der Waals surface area contributed by atoms with Crippen LogP contribution in [-0.2, 0) is 6.54 Å². The van der Waals surface area contributed by atoms with Gasteiger partial charge in [-0.3, -0.25) is 13.9 Å². The van der Waals surface area contributed by atoms with Crippen LogP contribution in [0.5, 0.6) is 0 Å². The van der Waals surface area contributed by atoms with Crippen molar-refractivity contribution in [3.05, 3.63) is 70.4 Å². The van der Waals surface area contributed by atoms with Crippen molar-refractivity contribution in [3.63, 3.8) is 0 Å². The Morgan fingerprint density at radius 2 is 1.92 bits per heavy atom. The van der Waals surface area contributed by atoms with Gasteiger partial charge in [-0.25, -0.2) is 14.4 Å². The SMILES string of the molecule is O=c1c2c(-c3ccc(F)cc3)csc2ncn1Cc1nccn1C(F)F. The van der Waals surface area contributed by atoms with Crippen molar-refractivity contribution in [2.75, 3.05) is 0 Å². The Morgan fingerprint density at radius 1 is 1.15 bits per heavy atom. The van der Waals surface area contributed by atoms with Crippen LogP contribution >= 0.6 is 11.3 Å². The van der Waals surface area contributed by atoms with Crippen molar-refractivity contribution in [2.24, 2.45) is 0 Å². The average Bonchev–Trinajstić information content (AvgIpc) is 3.25.